The van der Waals surface area contributed by atoms with Crippen molar-refractivity contribution in [1.82, 2.24) is 0 Å². The molecule has 0 heterocycles. The van der Waals surface area contributed by atoms with Gasteiger partial charge in [-0.05, 0) is 20.8 Å². The van der Waals surface area contributed by atoms with Gasteiger partial charge in [0, 0.05) is 19.8 Å². The highest BCUT2D eigenvalue weighted by molar-refractivity contribution is 14.1. The van der Waals surface area contributed by atoms with Gasteiger partial charge in [0.1, 0.15) is 0 Å². The first-order valence-electron chi connectivity index (χ1n) is 4.14. The van der Waals surface area contributed by atoms with Crippen LogP contribution in [0.3, 0.4) is 0 Å². The van der Waals surface area contributed by atoms with E-state index in [2.05, 4.69) is 22.6 Å². The minimum atomic E-state index is -2.32. The van der Waals surface area contributed by atoms with E-state index < -0.39 is 8.80 Å². The Labute approximate surface area is 89.3 Å². The van der Waals surface area contributed by atoms with Gasteiger partial charge in [-0.2, -0.15) is 0 Å². The van der Waals surface area contributed by atoms with Crippen LogP contribution in [0.5, 0.6) is 0 Å². The maximum Gasteiger partial charge on any atom is 0.498 e. The van der Waals surface area contributed by atoms with E-state index >= 15 is 0 Å². The van der Waals surface area contributed by atoms with Gasteiger partial charge in [0.25, 0.3) is 0 Å². The van der Waals surface area contributed by atoms with Crippen LogP contribution >= 0.6 is 22.6 Å². The number of alkyl halides is 1. The summed E-state index contributed by atoms with van der Waals surface area (Å²) < 4.78 is 16.7. The predicted molar refractivity (Wildman–Crippen MR) is 59.4 cm³/mol. The second-order valence-electron chi connectivity index (χ2n) is 2.39. The molecule has 1 unspecified atom stereocenters. The van der Waals surface area contributed by atoms with Crippen LogP contribution in [-0.4, -0.2) is 26.1 Å². The van der Waals surface area contributed by atoms with Crippen molar-refractivity contribution < 1.29 is 13.3 Å². The average molecular weight is 304 g/mol. The molecule has 0 aromatic carbocycles. The van der Waals surface area contributed by atoms with E-state index in [1.165, 1.54) is 0 Å². The summed E-state index contributed by atoms with van der Waals surface area (Å²) >= 11 is 2.20. The maximum atomic E-state index is 5.60. The molecule has 0 radical (unpaired) electrons. The van der Waals surface area contributed by atoms with Gasteiger partial charge in [-0.1, -0.05) is 22.6 Å². The molecular formula is C7H17IO3Si. The lowest BCUT2D eigenvalue weighted by molar-refractivity contribution is 0.0735. The first kappa shape index (κ1) is 12.8. The SMILES string of the molecule is CCO[Si](C)(OCC)OC(C)I. The van der Waals surface area contributed by atoms with Crippen molar-refractivity contribution >= 4 is 31.4 Å². The van der Waals surface area contributed by atoms with Gasteiger partial charge in [-0.25, -0.2) is 0 Å². The van der Waals surface area contributed by atoms with Gasteiger partial charge in [0.05, 0.1) is 4.11 Å². The predicted octanol–water partition coefficient (Wildman–Crippen LogP) is 2.43. The van der Waals surface area contributed by atoms with Crippen LogP contribution in [0.25, 0.3) is 0 Å². The minimum absolute atomic E-state index is 0.136. The second-order valence-corrected chi connectivity index (χ2v) is 6.68. The van der Waals surface area contributed by atoms with E-state index in [4.69, 9.17) is 13.3 Å². The molecule has 0 aromatic rings. The second kappa shape index (κ2) is 6.31. The van der Waals surface area contributed by atoms with E-state index in [0.29, 0.717) is 13.2 Å². The minimum Gasteiger partial charge on any atom is -0.374 e. The molecule has 0 spiro atoms. The summed E-state index contributed by atoms with van der Waals surface area (Å²) in [6.45, 7) is 9.09. The molecule has 0 saturated heterocycles. The standard InChI is InChI=1S/C7H17IO3Si/c1-5-9-12(4,10-6-2)11-7(3)8/h7H,5-6H2,1-4H3. The highest BCUT2D eigenvalue weighted by Gasteiger charge is 2.35. The van der Waals surface area contributed by atoms with Crippen molar-refractivity contribution in [1.29, 1.82) is 0 Å². The molecule has 0 bridgehead atoms. The lowest BCUT2D eigenvalue weighted by atomic mass is 10.9. The van der Waals surface area contributed by atoms with Gasteiger partial charge >= 0.3 is 8.80 Å². The van der Waals surface area contributed by atoms with Gasteiger partial charge in [0.2, 0.25) is 0 Å². The Bertz CT molecular complexity index is 115. The number of hydrogen-bond acceptors (Lipinski definition) is 3. The Morgan fingerprint density at radius 2 is 1.67 bits per heavy atom. The molecule has 0 aliphatic heterocycles. The topological polar surface area (TPSA) is 27.7 Å². The van der Waals surface area contributed by atoms with E-state index in [9.17, 15) is 0 Å². The summed E-state index contributed by atoms with van der Waals surface area (Å²) in [5, 5.41) is 0. The van der Waals surface area contributed by atoms with E-state index in [1.807, 2.05) is 27.3 Å². The van der Waals surface area contributed by atoms with Crippen LogP contribution in [-0.2, 0) is 13.3 Å². The third kappa shape index (κ3) is 5.47. The summed E-state index contributed by atoms with van der Waals surface area (Å²) in [5.74, 6) is 0. The van der Waals surface area contributed by atoms with Gasteiger partial charge in [-0.3, -0.25) is 0 Å². The summed E-state index contributed by atoms with van der Waals surface area (Å²) in [7, 11) is -2.32. The Balaban J connectivity index is 3.98. The number of hydrogen-bond donors (Lipinski definition) is 0. The molecule has 1 atom stereocenters. The lowest BCUT2D eigenvalue weighted by Gasteiger charge is -2.26. The molecule has 12 heavy (non-hydrogen) atoms. The van der Waals surface area contributed by atoms with E-state index in [1.54, 1.807) is 0 Å². The molecule has 0 aliphatic rings. The van der Waals surface area contributed by atoms with Crippen molar-refractivity contribution in [3.63, 3.8) is 0 Å². The fraction of sp³-hybridized carbons (Fsp3) is 1.00. The Morgan fingerprint density at radius 3 is 1.92 bits per heavy atom. The van der Waals surface area contributed by atoms with Crippen molar-refractivity contribution in [2.24, 2.45) is 0 Å². The van der Waals surface area contributed by atoms with Crippen molar-refractivity contribution in [3.05, 3.63) is 0 Å². The molecule has 0 rings (SSSR count). The Morgan fingerprint density at radius 1 is 1.25 bits per heavy atom. The molecule has 0 N–H and O–H groups in total. The lowest BCUT2D eigenvalue weighted by Crippen LogP contribution is -2.43. The smallest absolute Gasteiger partial charge is 0.374 e. The van der Waals surface area contributed by atoms with E-state index in [0.717, 1.165) is 0 Å². The van der Waals surface area contributed by atoms with Crippen molar-refractivity contribution in [2.45, 2.75) is 31.4 Å². The average Bonchev–Trinajstić information content (AvgIpc) is 1.85. The molecule has 0 aromatic heterocycles. The largest absolute Gasteiger partial charge is 0.498 e. The summed E-state index contributed by atoms with van der Waals surface area (Å²) in [6.07, 6.45) is 0. The Hall–Kier alpha value is 0.827. The van der Waals surface area contributed by atoms with Crippen LogP contribution < -0.4 is 0 Å². The van der Waals surface area contributed by atoms with Crippen LogP contribution in [0.1, 0.15) is 20.8 Å². The fourth-order valence-electron chi connectivity index (χ4n) is 0.929. The van der Waals surface area contributed by atoms with Crippen molar-refractivity contribution in [3.8, 4) is 0 Å². The summed E-state index contributed by atoms with van der Waals surface area (Å²) in [6, 6.07) is 0. The van der Waals surface area contributed by atoms with Crippen molar-refractivity contribution in [2.75, 3.05) is 13.2 Å². The molecular weight excluding hydrogens is 287 g/mol. The van der Waals surface area contributed by atoms with Crippen LogP contribution in [0.15, 0.2) is 0 Å². The first-order valence-corrected chi connectivity index (χ1v) is 7.61. The third-order valence-electron chi connectivity index (χ3n) is 1.19. The molecule has 0 fully saturated rings. The van der Waals surface area contributed by atoms with Crippen LogP contribution in [0.2, 0.25) is 6.55 Å². The zero-order chi connectivity index (χ0) is 9.61. The molecule has 0 amide bonds. The van der Waals surface area contributed by atoms with Gasteiger partial charge in [0.15, 0.2) is 0 Å². The summed E-state index contributed by atoms with van der Waals surface area (Å²) in [5.41, 5.74) is 0. The molecule has 3 nitrogen and oxygen atoms in total. The zero-order valence-electron chi connectivity index (χ0n) is 8.09. The Kier molecular flexibility index (Phi) is 6.74. The fourth-order valence-corrected chi connectivity index (χ4v) is 4.17. The zero-order valence-corrected chi connectivity index (χ0v) is 11.3. The monoisotopic (exact) mass is 304 g/mol. The molecule has 5 heteroatoms. The van der Waals surface area contributed by atoms with Crippen LogP contribution in [0, 0.1) is 0 Å². The normalized spacial score (nSPS) is 14.8. The first-order chi connectivity index (χ1) is 5.54. The van der Waals surface area contributed by atoms with Crippen LogP contribution in [0.4, 0.5) is 0 Å². The van der Waals surface area contributed by atoms with Gasteiger partial charge in [-0.15, -0.1) is 0 Å². The number of halogens is 1. The maximum absolute atomic E-state index is 5.60. The molecule has 0 saturated carbocycles. The third-order valence-corrected chi connectivity index (χ3v) is 4.33. The number of rotatable bonds is 6. The molecule has 0 aliphatic carbocycles. The summed E-state index contributed by atoms with van der Waals surface area (Å²) in [4.78, 5) is 0. The highest BCUT2D eigenvalue weighted by atomic mass is 127. The molecule has 74 valence electrons. The quantitative estimate of drug-likeness (QED) is 0.428. The van der Waals surface area contributed by atoms with Gasteiger partial charge < -0.3 is 13.3 Å². The highest BCUT2D eigenvalue weighted by Crippen LogP contribution is 2.15. The van der Waals surface area contributed by atoms with E-state index in [-0.39, 0.29) is 4.11 Å².